The number of aromatic nitrogens is 1. The molecule has 2 atom stereocenters. The Balaban J connectivity index is 1.97. The van der Waals surface area contributed by atoms with Gasteiger partial charge in [0.15, 0.2) is 0 Å². The van der Waals surface area contributed by atoms with E-state index >= 15 is 0 Å². The molecule has 6 nitrogen and oxygen atoms in total. The molecule has 18 heavy (non-hydrogen) atoms. The molecule has 1 saturated heterocycles. The van der Waals surface area contributed by atoms with Crippen molar-refractivity contribution in [2.24, 2.45) is 5.84 Å². The van der Waals surface area contributed by atoms with Crippen molar-refractivity contribution in [1.29, 1.82) is 0 Å². The third kappa shape index (κ3) is 3.17. The molecule has 1 fully saturated rings. The second-order valence-corrected chi connectivity index (χ2v) is 4.61. The molecule has 1 aliphatic rings. The van der Waals surface area contributed by atoms with E-state index in [9.17, 15) is 0 Å². The fourth-order valence-electron chi connectivity index (χ4n) is 2.04. The van der Waals surface area contributed by atoms with Crippen LogP contribution in [0, 0.1) is 0 Å². The van der Waals surface area contributed by atoms with Gasteiger partial charge in [-0.2, -0.15) is 0 Å². The number of nitrogens with two attached hydrogens (primary N) is 1. The quantitative estimate of drug-likeness (QED) is 0.515. The lowest BCUT2D eigenvalue weighted by Gasteiger charge is -2.37. The number of aliphatic hydroxyl groups excluding tert-OH is 1. The van der Waals surface area contributed by atoms with Gasteiger partial charge >= 0.3 is 0 Å². The highest BCUT2D eigenvalue weighted by Gasteiger charge is 2.25. The van der Waals surface area contributed by atoms with Crippen LogP contribution in [-0.2, 0) is 11.3 Å². The number of nitrogens with zero attached hydrogens (tertiary/aromatic N) is 2. The van der Waals surface area contributed by atoms with Crippen molar-refractivity contribution in [3.63, 3.8) is 0 Å². The largest absolute Gasteiger partial charge is 0.394 e. The SMILES string of the molecule is CC1COC(CO)CN1Cc1ccc(NN)nc1. The second kappa shape index (κ2) is 6.10. The predicted octanol–water partition coefficient (Wildman–Crippen LogP) is -0.0512. The molecule has 0 aliphatic carbocycles. The van der Waals surface area contributed by atoms with Crippen molar-refractivity contribution < 1.29 is 9.84 Å². The third-order valence-corrected chi connectivity index (χ3v) is 3.20. The molecule has 2 heterocycles. The summed E-state index contributed by atoms with van der Waals surface area (Å²) in [5.41, 5.74) is 3.63. The minimum atomic E-state index is -0.0841. The van der Waals surface area contributed by atoms with Gasteiger partial charge in [-0.05, 0) is 18.6 Å². The number of nitrogens with one attached hydrogen (secondary N) is 1. The summed E-state index contributed by atoms with van der Waals surface area (Å²) in [6.45, 7) is 4.39. The van der Waals surface area contributed by atoms with Crippen molar-refractivity contribution in [2.45, 2.75) is 25.6 Å². The molecule has 2 unspecified atom stereocenters. The first-order valence-electron chi connectivity index (χ1n) is 6.11. The molecule has 0 bridgehead atoms. The average molecular weight is 252 g/mol. The Morgan fingerprint density at radius 1 is 1.61 bits per heavy atom. The summed E-state index contributed by atoms with van der Waals surface area (Å²) in [6, 6.07) is 4.20. The molecule has 2 rings (SSSR count). The van der Waals surface area contributed by atoms with Gasteiger partial charge < -0.3 is 15.3 Å². The van der Waals surface area contributed by atoms with E-state index in [4.69, 9.17) is 15.7 Å². The predicted molar refractivity (Wildman–Crippen MR) is 68.7 cm³/mol. The lowest BCUT2D eigenvalue weighted by molar-refractivity contribution is -0.0805. The number of rotatable bonds is 4. The van der Waals surface area contributed by atoms with Crippen molar-refractivity contribution in [1.82, 2.24) is 9.88 Å². The molecule has 0 amide bonds. The van der Waals surface area contributed by atoms with Gasteiger partial charge in [0.25, 0.3) is 0 Å². The molecule has 1 aromatic rings. The first kappa shape index (κ1) is 13.2. The van der Waals surface area contributed by atoms with E-state index in [1.54, 1.807) is 0 Å². The molecule has 4 N–H and O–H groups in total. The maximum Gasteiger partial charge on any atom is 0.139 e. The maximum atomic E-state index is 9.14. The molecular formula is C12H20N4O2. The maximum absolute atomic E-state index is 9.14. The first-order chi connectivity index (χ1) is 8.72. The Morgan fingerprint density at radius 2 is 2.44 bits per heavy atom. The first-order valence-corrected chi connectivity index (χ1v) is 6.11. The minimum absolute atomic E-state index is 0.0670. The lowest BCUT2D eigenvalue weighted by Crippen LogP contribution is -2.48. The fourth-order valence-corrected chi connectivity index (χ4v) is 2.04. The van der Waals surface area contributed by atoms with E-state index in [0.29, 0.717) is 18.5 Å². The number of aliphatic hydroxyl groups is 1. The van der Waals surface area contributed by atoms with Gasteiger partial charge in [0.2, 0.25) is 0 Å². The van der Waals surface area contributed by atoms with Crippen LogP contribution in [0.5, 0.6) is 0 Å². The second-order valence-electron chi connectivity index (χ2n) is 4.61. The van der Waals surface area contributed by atoms with Crippen molar-refractivity contribution >= 4 is 5.82 Å². The lowest BCUT2D eigenvalue weighted by atomic mass is 10.1. The van der Waals surface area contributed by atoms with Crippen LogP contribution in [0.4, 0.5) is 5.82 Å². The van der Waals surface area contributed by atoms with Gasteiger partial charge in [-0.1, -0.05) is 6.07 Å². The number of hydrogen-bond donors (Lipinski definition) is 3. The molecule has 0 radical (unpaired) electrons. The van der Waals surface area contributed by atoms with Crippen LogP contribution in [0.25, 0.3) is 0 Å². The summed E-state index contributed by atoms with van der Waals surface area (Å²) >= 11 is 0. The average Bonchev–Trinajstić information content (AvgIpc) is 2.42. The Labute approximate surface area is 107 Å². The van der Waals surface area contributed by atoms with Crippen LogP contribution in [0.3, 0.4) is 0 Å². The van der Waals surface area contributed by atoms with Crippen molar-refractivity contribution in [2.75, 3.05) is 25.2 Å². The van der Waals surface area contributed by atoms with Crippen LogP contribution >= 0.6 is 0 Å². The summed E-state index contributed by atoms with van der Waals surface area (Å²) in [4.78, 5) is 6.47. The number of ether oxygens (including phenoxy) is 1. The summed E-state index contributed by atoms with van der Waals surface area (Å²) in [5.74, 6) is 5.93. The van der Waals surface area contributed by atoms with Crippen molar-refractivity contribution in [3.05, 3.63) is 23.9 Å². The summed E-state index contributed by atoms with van der Waals surface area (Å²) in [5, 5.41) is 9.14. The third-order valence-electron chi connectivity index (χ3n) is 3.20. The van der Waals surface area contributed by atoms with Crippen LogP contribution in [0.15, 0.2) is 18.3 Å². The van der Waals surface area contributed by atoms with Crippen molar-refractivity contribution in [3.8, 4) is 0 Å². The number of hydrazine groups is 1. The highest BCUT2D eigenvalue weighted by Crippen LogP contribution is 2.15. The summed E-state index contributed by atoms with van der Waals surface area (Å²) in [6.07, 6.45) is 1.73. The van der Waals surface area contributed by atoms with E-state index in [0.717, 1.165) is 18.7 Å². The van der Waals surface area contributed by atoms with Gasteiger partial charge in [-0.3, -0.25) is 4.90 Å². The molecule has 1 aliphatic heterocycles. The number of anilines is 1. The highest BCUT2D eigenvalue weighted by molar-refractivity contribution is 5.33. The molecule has 0 spiro atoms. The molecule has 0 saturated carbocycles. The van der Waals surface area contributed by atoms with E-state index in [2.05, 4.69) is 22.2 Å². The normalized spacial score (nSPS) is 25.1. The van der Waals surface area contributed by atoms with E-state index in [1.165, 1.54) is 0 Å². The topological polar surface area (TPSA) is 83.6 Å². The minimum Gasteiger partial charge on any atom is -0.394 e. The zero-order valence-electron chi connectivity index (χ0n) is 10.5. The Morgan fingerprint density at radius 3 is 3.06 bits per heavy atom. The molecule has 100 valence electrons. The van der Waals surface area contributed by atoms with Gasteiger partial charge in [0.1, 0.15) is 5.82 Å². The number of hydrogen-bond acceptors (Lipinski definition) is 6. The Kier molecular flexibility index (Phi) is 4.48. The van der Waals surface area contributed by atoms with Gasteiger partial charge in [0, 0.05) is 25.3 Å². The zero-order valence-corrected chi connectivity index (χ0v) is 10.5. The molecule has 0 aromatic carbocycles. The Bertz CT molecular complexity index is 371. The van der Waals surface area contributed by atoms with E-state index in [1.807, 2.05) is 18.3 Å². The number of pyridine rings is 1. The summed E-state index contributed by atoms with van der Waals surface area (Å²) < 4.78 is 5.51. The van der Waals surface area contributed by atoms with Gasteiger partial charge in [-0.25, -0.2) is 10.8 Å². The van der Waals surface area contributed by atoms with Crippen LogP contribution < -0.4 is 11.3 Å². The standard InChI is InChI=1S/C12H20N4O2/c1-9-8-18-11(7-17)6-16(9)5-10-2-3-12(15-13)14-4-10/h2-4,9,11,17H,5-8,13H2,1H3,(H,14,15). The van der Waals surface area contributed by atoms with Gasteiger partial charge in [-0.15, -0.1) is 0 Å². The van der Waals surface area contributed by atoms with E-state index in [-0.39, 0.29) is 12.7 Å². The molecule has 1 aromatic heterocycles. The molecule has 6 heteroatoms. The van der Waals surface area contributed by atoms with Crippen LogP contribution in [0.1, 0.15) is 12.5 Å². The molecular weight excluding hydrogens is 232 g/mol. The fraction of sp³-hybridized carbons (Fsp3) is 0.583. The number of morpholine rings is 1. The number of nitrogen functional groups attached to an aromatic ring is 1. The van der Waals surface area contributed by atoms with E-state index < -0.39 is 0 Å². The summed E-state index contributed by atoms with van der Waals surface area (Å²) in [7, 11) is 0. The van der Waals surface area contributed by atoms with Gasteiger partial charge in [0.05, 0.1) is 19.3 Å². The van der Waals surface area contributed by atoms with Crippen LogP contribution in [-0.4, -0.2) is 46.9 Å². The smallest absolute Gasteiger partial charge is 0.139 e. The highest BCUT2D eigenvalue weighted by atomic mass is 16.5. The monoisotopic (exact) mass is 252 g/mol. The Hall–Kier alpha value is -1.21. The zero-order chi connectivity index (χ0) is 13.0. The van der Waals surface area contributed by atoms with Crippen LogP contribution in [0.2, 0.25) is 0 Å².